The molecule has 0 radical (unpaired) electrons. The Labute approximate surface area is 147 Å². The number of aryl methyl sites for hydroxylation is 1. The van der Waals surface area contributed by atoms with Gasteiger partial charge < -0.3 is 10.4 Å². The normalized spacial score (nSPS) is 13.5. The Balaban J connectivity index is 1.99. The van der Waals surface area contributed by atoms with Crippen molar-refractivity contribution < 1.29 is 9.90 Å². The average molecular weight is 350 g/mol. The van der Waals surface area contributed by atoms with Crippen molar-refractivity contribution in [2.75, 3.05) is 6.54 Å². The van der Waals surface area contributed by atoms with Gasteiger partial charge in [-0.1, -0.05) is 30.7 Å². The van der Waals surface area contributed by atoms with E-state index in [2.05, 4.69) is 10.4 Å². The fourth-order valence-electron chi connectivity index (χ4n) is 2.67. The summed E-state index contributed by atoms with van der Waals surface area (Å²) in [4.78, 5) is 12.3. The van der Waals surface area contributed by atoms with Crippen molar-refractivity contribution in [2.45, 2.75) is 39.8 Å². The molecule has 0 spiro atoms. The molecule has 0 saturated carbocycles. The lowest BCUT2D eigenvalue weighted by atomic mass is 10.0. The molecule has 0 saturated heterocycles. The topological polar surface area (TPSA) is 67.2 Å². The van der Waals surface area contributed by atoms with Crippen LogP contribution in [0, 0.1) is 12.8 Å². The number of carbonyl (C=O) groups is 1. The molecule has 2 unspecified atom stereocenters. The van der Waals surface area contributed by atoms with Crippen molar-refractivity contribution in [3.8, 4) is 0 Å². The Bertz CT molecular complexity index is 697. The molecular formula is C18H24ClN3O2. The second kappa shape index (κ2) is 8.31. The lowest BCUT2D eigenvalue weighted by Crippen LogP contribution is -2.29. The van der Waals surface area contributed by atoms with Gasteiger partial charge >= 0.3 is 0 Å². The van der Waals surface area contributed by atoms with Gasteiger partial charge in [0.15, 0.2) is 0 Å². The number of hydrogen-bond donors (Lipinski definition) is 2. The summed E-state index contributed by atoms with van der Waals surface area (Å²) in [6, 6.07) is 7.58. The van der Waals surface area contributed by atoms with E-state index in [1.807, 2.05) is 38.1 Å². The summed E-state index contributed by atoms with van der Waals surface area (Å²) < 4.78 is 1.75. The first-order valence-corrected chi connectivity index (χ1v) is 8.47. The number of hydrogen-bond acceptors (Lipinski definition) is 3. The van der Waals surface area contributed by atoms with Crippen LogP contribution in [0.5, 0.6) is 0 Å². The number of amides is 1. The Morgan fingerprint density at radius 1 is 1.42 bits per heavy atom. The minimum atomic E-state index is -0.362. The van der Waals surface area contributed by atoms with E-state index in [9.17, 15) is 9.90 Å². The van der Waals surface area contributed by atoms with Gasteiger partial charge in [0.05, 0.1) is 23.9 Å². The number of aliphatic hydroxyl groups is 1. The van der Waals surface area contributed by atoms with E-state index in [0.29, 0.717) is 35.8 Å². The molecule has 2 N–H and O–H groups in total. The lowest BCUT2D eigenvalue weighted by molar-refractivity contribution is 0.0938. The van der Waals surface area contributed by atoms with Gasteiger partial charge in [-0.3, -0.25) is 9.48 Å². The minimum absolute atomic E-state index is 0.137. The molecule has 0 aliphatic heterocycles. The van der Waals surface area contributed by atoms with E-state index in [4.69, 9.17) is 11.6 Å². The summed E-state index contributed by atoms with van der Waals surface area (Å²) in [6.07, 6.45) is 2.05. The summed E-state index contributed by atoms with van der Waals surface area (Å²) >= 11 is 5.99. The molecule has 0 fully saturated rings. The van der Waals surface area contributed by atoms with Crippen LogP contribution < -0.4 is 5.32 Å². The third-order valence-corrected chi connectivity index (χ3v) is 4.01. The van der Waals surface area contributed by atoms with Gasteiger partial charge in [0.25, 0.3) is 5.91 Å². The molecule has 2 atom stereocenters. The first-order valence-electron chi connectivity index (χ1n) is 8.10. The highest BCUT2D eigenvalue weighted by atomic mass is 35.5. The maximum absolute atomic E-state index is 12.3. The second-order valence-corrected chi connectivity index (χ2v) is 6.79. The fraction of sp³-hybridized carbons (Fsp3) is 0.444. The Hall–Kier alpha value is -1.85. The smallest absolute Gasteiger partial charge is 0.254 e. The summed E-state index contributed by atoms with van der Waals surface area (Å²) in [5.74, 6) is 0.0815. The lowest BCUT2D eigenvalue weighted by Gasteiger charge is -2.13. The number of rotatable bonds is 7. The maximum Gasteiger partial charge on any atom is 0.254 e. The Morgan fingerprint density at radius 2 is 2.17 bits per heavy atom. The zero-order chi connectivity index (χ0) is 17.7. The van der Waals surface area contributed by atoms with E-state index in [-0.39, 0.29) is 17.9 Å². The first-order chi connectivity index (χ1) is 11.3. The maximum atomic E-state index is 12.3. The first kappa shape index (κ1) is 18.5. The Morgan fingerprint density at radius 3 is 2.83 bits per heavy atom. The SMILES string of the molecule is Cc1nn(Cc2cccc(Cl)c2)cc1C(=O)NCC(C)CC(C)O. The van der Waals surface area contributed by atoms with Crippen molar-refractivity contribution in [1.82, 2.24) is 15.1 Å². The molecule has 1 heterocycles. The number of nitrogens with one attached hydrogen (secondary N) is 1. The summed E-state index contributed by atoms with van der Waals surface area (Å²) in [5.41, 5.74) is 2.29. The van der Waals surface area contributed by atoms with Gasteiger partial charge in [-0.15, -0.1) is 0 Å². The molecule has 0 bridgehead atoms. The highest BCUT2D eigenvalue weighted by Gasteiger charge is 2.15. The van der Waals surface area contributed by atoms with Crippen LogP contribution in [0.1, 0.15) is 41.9 Å². The van der Waals surface area contributed by atoms with Gasteiger partial charge in [0.2, 0.25) is 0 Å². The van der Waals surface area contributed by atoms with E-state index in [1.54, 1.807) is 17.8 Å². The number of nitrogens with zero attached hydrogens (tertiary/aromatic N) is 2. The molecule has 2 rings (SSSR count). The van der Waals surface area contributed by atoms with Crippen LogP contribution >= 0.6 is 11.6 Å². The molecule has 130 valence electrons. The van der Waals surface area contributed by atoms with Crippen LogP contribution in [-0.4, -0.2) is 33.4 Å². The van der Waals surface area contributed by atoms with Gasteiger partial charge in [-0.05, 0) is 43.9 Å². The predicted molar refractivity (Wildman–Crippen MR) is 95.3 cm³/mol. The fourth-order valence-corrected chi connectivity index (χ4v) is 2.88. The van der Waals surface area contributed by atoms with Crippen molar-refractivity contribution in [3.05, 3.63) is 52.3 Å². The number of benzene rings is 1. The molecule has 24 heavy (non-hydrogen) atoms. The Kier molecular flexibility index (Phi) is 6.40. The monoisotopic (exact) mass is 349 g/mol. The molecule has 2 aromatic rings. The molecule has 1 amide bonds. The van der Waals surface area contributed by atoms with Crippen LogP contribution in [0.2, 0.25) is 5.02 Å². The van der Waals surface area contributed by atoms with Gasteiger partial charge in [-0.25, -0.2) is 0 Å². The van der Waals surface area contributed by atoms with Crippen LogP contribution in [0.25, 0.3) is 0 Å². The van der Waals surface area contributed by atoms with Gasteiger partial charge in [-0.2, -0.15) is 5.10 Å². The van der Waals surface area contributed by atoms with Crippen molar-refractivity contribution >= 4 is 17.5 Å². The number of carbonyl (C=O) groups excluding carboxylic acids is 1. The molecule has 0 aliphatic carbocycles. The molecule has 5 nitrogen and oxygen atoms in total. The van der Waals surface area contributed by atoms with E-state index >= 15 is 0 Å². The minimum Gasteiger partial charge on any atom is -0.393 e. The molecule has 1 aromatic carbocycles. The van der Waals surface area contributed by atoms with Crippen molar-refractivity contribution in [2.24, 2.45) is 5.92 Å². The van der Waals surface area contributed by atoms with Crippen molar-refractivity contribution in [3.63, 3.8) is 0 Å². The zero-order valence-corrected chi connectivity index (χ0v) is 15.0. The zero-order valence-electron chi connectivity index (χ0n) is 14.3. The number of aliphatic hydroxyl groups excluding tert-OH is 1. The predicted octanol–water partition coefficient (Wildman–Crippen LogP) is 3.03. The third-order valence-electron chi connectivity index (χ3n) is 3.78. The van der Waals surface area contributed by atoms with Gasteiger partial charge in [0, 0.05) is 17.8 Å². The van der Waals surface area contributed by atoms with Crippen LogP contribution in [-0.2, 0) is 6.54 Å². The highest BCUT2D eigenvalue weighted by molar-refractivity contribution is 6.30. The van der Waals surface area contributed by atoms with E-state index in [1.165, 1.54) is 0 Å². The largest absolute Gasteiger partial charge is 0.393 e. The number of halogens is 1. The van der Waals surface area contributed by atoms with E-state index in [0.717, 1.165) is 5.56 Å². The summed E-state index contributed by atoms with van der Waals surface area (Å²) in [7, 11) is 0. The van der Waals surface area contributed by atoms with Crippen LogP contribution in [0.4, 0.5) is 0 Å². The van der Waals surface area contributed by atoms with E-state index < -0.39 is 0 Å². The highest BCUT2D eigenvalue weighted by Crippen LogP contribution is 2.13. The molecule has 0 aliphatic rings. The molecule has 1 aromatic heterocycles. The molecular weight excluding hydrogens is 326 g/mol. The average Bonchev–Trinajstić information content (AvgIpc) is 2.84. The van der Waals surface area contributed by atoms with Crippen molar-refractivity contribution in [1.29, 1.82) is 0 Å². The third kappa shape index (κ3) is 5.35. The van der Waals surface area contributed by atoms with Crippen LogP contribution in [0.3, 0.4) is 0 Å². The standard InChI is InChI=1S/C18H24ClN3O2/c1-12(7-13(2)23)9-20-18(24)17-11-22(21-14(17)3)10-15-5-4-6-16(19)8-15/h4-6,8,11-13,23H,7,9-10H2,1-3H3,(H,20,24). The van der Waals surface area contributed by atoms with Crippen LogP contribution in [0.15, 0.2) is 30.5 Å². The second-order valence-electron chi connectivity index (χ2n) is 6.36. The quantitative estimate of drug-likeness (QED) is 0.807. The van der Waals surface area contributed by atoms with Gasteiger partial charge in [0.1, 0.15) is 0 Å². The summed E-state index contributed by atoms with van der Waals surface area (Å²) in [6.45, 7) is 6.67. The number of aromatic nitrogens is 2. The molecule has 6 heteroatoms. The summed E-state index contributed by atoms with van der Waals surface area (Å²) in [5, 5.41) is 17.4.